The van der Waals surface area contributed by atoms with Gasteiger partial charge in [0, 0.05) is 5.69 Å². The Labute approximate surface area is 122 Å². The number of anilines is 3. The molecule has 2 aromatic heterocycles. The maximum absolute atomic E-state index is 5.67. The van der Waals surface area contributed by atoms with Crippen LogP contribution in [-0.2, 0) is 0 Å². The van der Waals surface area contributed by atoms with Gasteiger partial charge in [-0.25, -0.2) is 9.97 Å². The molecule has 0 bridgehead atoms. The maximum Gasteiger partial charge on any atom is 0.245 e. The summed E-state index contributed by atoms with van der Waals surface area (Å²) >= 11 is 0. The highest BCUT2D eigenvalue weighted by atomic mass is 16.5. The number of nitrogens with one attached hydrogen (secondary N) is 1. The van der Waals surface area contributed by atoms with E-state index in [1.807, 2.05) is 49.4 Å². The molecule has 106 valence electrons. The van der Waals surface area contributed by atoms with E-state index >= 15 is 0 Å². The molecule has 0 amide bonds. The Bertz CT molecular complexity index is 761. The molecule has 6 heteroatoms. The summed E-state index contributed by atoms with van der Waals surface area (Å²) in [5.74, 6) is 1.27. The summed E-state index contributed by atoms with van der Waals surface area (Å²) in [4.78, 5) is 12.8. The Balaban J connectivity index is 2.02. The fourth-order valence-corrected chi connectivity index (χ4v) is 1.98. The van der Waals surface area contributed by atoms with Crippen LogP contribution in [0.25, 0.3) is 11.0 Å². The molecule has 3 N–H and O–H groups in total. The van der Waals surface area contributed by atoms with E-state index in [1.165, 1.54) is 0 Å². The van der Waals surface area contributed by atoms with Crippen LogP contribution in [0.1, 0.15) is 6.92 Å². The van der Waals surface area contributed by atoms with Crippen LogP contribution in [0.5, 0.6) is 5.88 Å². The average Bonchev–Trinajstić information content (AvgIpc) is 2.49. The summed E-state index contributed by atoms with van der Waals surface area (Å²) in [5.41, 5.74) is 7.87. The largest absolute Gasteiger partial charge is 0.476 e. The summed E-state index contributed by atoms with van der Waals surface area (Å²) in [6, 6.07) is 13.5. The quantitative estimate of drug-likeness (QED) is 0.764. The summed E-state index contributed by atoms with van der Waals surface area (Å²) in [7, 11) is 0. The second-order valence-electron chi connectivity index (χ2n) is 4.38. The third-order valence-corrected chi connectivity index (χ3v) is 2.85. The van der Waals surface area contributed by atoms with Crippen LogP contribution >= 0.6 is 0 Å². The van der Waals surface area contributed by atoms with Gasteiger partial charge in [-0.2, -0.15) is 4.98 Å². The van der Waals surface area contributed by atoms with Crippen molar-refractivity contribution in [1.29, 1.82) is 0 Å². The van der Waals surface area contributed by atoms with Gasteiger partial charge in [0.25, 0.3) is 0 Å². The van der Waals surface area contributed by atoms with Gasteiger partial charge in [-0.05, 0) is 31.2 Å². The lowest BCUT2D eigenvalue weighted by Crippen LogP contribution is -2.03. The number of nitrogens with two attached hydrogens (primary N) is 1. The van der Waals surface area contributed by atoms with Gasteiger partial charge in [0.1, 0.15) is 5.82 Å². The molecule has 0 radical (unpaired) electrons. The van der Waals surface area contributed by atoms with E-state index in [-0.39, 0.29) is 5.95 Å². The fraction of sp³-hybridized carbons (Fsp3) is 0.133. The van der Waals surface area contributed by atoms with Crippen molar-refractivity contribution in [1.82, 2.24) is 15.0 Å². The minimum atomic E-state index is 0.177. The Morgan fingerprint density at radius 2 is 1.86 bits per heavy atom. The highest BCUT2D eigenvalue weighted by molar-refractivity contribution is 5.82. The molecule has 0 spiro atoms. The molecule has 0 aliphatic carbocycles. The number of nitrogen functional groups attached to an aromatic ring is 1. The van der Waals surface area contributed by atoms with Gasteiger partial charge >= 0.3 is 0 Å². The molecule has 0 unspecified atom stereocenters. The van der Waals surface area contributed by atoms with Gasteiger partial charge in [-0.3, -0.25) is 0 Å². The topological polar surface area (TPSA) is 86.0 Å². The van der Waals surface area contributed by atoms with Gasteiger partial charge in [0.2, 0.25) is 11.8 Å². The third kappa shape index (κ3) is 2.84. The SMILES string of the molecule is CCOc1nc(N)nc2ccc(Nc3ccccc3)nc12. The number of hydrogen-bond donors (Lipinski definition) is 2. The first-order valence-electron chi connectivity index (χ1n) is 6.65. The number of fused-ring (bicyclic) bond motifs is 1. The van der Waals surface area contributed by atoms with Crippen molar-refractivity contribution in [2.45, 2.75) is 6.92 Å². The number of aromatic nitrogens is 3. The average molecular weight is 281 g/mol. The predicted octanol–water partition coefficient (Wildman–Crippen LogP) is 2.75. The van der Waals surface area contributed by atoms with E-state index in [0.29, 0.717) is 29.3 Å². The van der Waals surface area contributed by atoms with Gasteiger partial charge in [-0.1, -0.05) is 18.2 Å². The highest BCUT2D eigenvalue weighted by Crippen LogP contribution is 2.24. The van der Waals surface area contributed by atoms with Gasteiger partial charge < -0.3 is 15.8 Å². The van der Waals surface area contributed by atoms with Gasteiger partial charge in [0.15, 0.2) is 5.52 Å². The molecular weight excluding hydrogens is 266 g/mol. The number of pyridine rings is 1. The van der Waals surface area contributed by atoms with Crippen molar-refractivity contribution in [2.24, 2.45) is 0 Å². The van der Waals surface area contributed by atoms with E-state index in [0.717, 1.165) is 5.69 Å². The fourth-order valence-electron chi connectivity index (χ4n) is 1.98. The summed E-state index contributed by atoms with van der Waals surface area (Å²) in [5, 5.41) is 3.23. The standard InChI is InChI=1S/C15H15N5O/c1-2-21-14-13-11(18-15(16)20-14)8-9-12(19-13)17-10-6-4-3-5-7-10/h3-9H,2H2,1H3,(H,17,19)(H2,16,18,20). The van der Waals surface area contributed by atoms with Crippen molar-refractivity contribution in [3.05, 3.63) is 42.5 Å². The zero-order valence-electron chi connectivity index (χ0n) is 11.6. The van der Waals surface area contributed by atoms with E-state index in [1.54, 1.807) is 0 Å². The van der Waals surface area contributed by atoms with Crippen LogP contribution < -0.4 is 15.8 Å². The lowest BCUT2D eigenvalue weighted by Gasteiger charge is -2.09. The molecule has 0 atom stereocenters. The molecule has 0 saturated carbocycles. The summed E-state index contributed by atoms with van der Waals surface area (Å²) in [6.07, 6.45) is 0. The smallest absolute Gasteiger partial charge is 0.245 e. The van der Waals surface area contributed by atoms with E-state index < -0.39 is 0 Å². The van der Waals surface area contributed by atoms with Crippen molar-refractivity contribution in [3.63, 3.8) is 0 Å². The van der Waals surface area contributed by atoms with Gasteiger partial charge in [0.05, 0.1) is 12.1 Å². The van der Waals surface area contributed by atoms with E-state index in [9.17, 15) is 0 Å². The number of para-hydroxylation sites is 1. The Morgan fingerprint density at radius 3 is 2.62 bits per heavy atom. The lowest BCUT2D eigenvalue weighted by molar-refractivity contribution is 0.330. The Hall–Kier alpha value is -2.89. The van der Waals surface area contributed by atoms with Crippen LogP contribution in [0.15, 0.2) is 42.5 Å². The first kappa shape index (κ1) is 13.1. The van der Waals surface area contributed by atoms with Gasteiger partial charge in [-0.15, -0.1) is 0 Å². The van der Waals surface area contributed by atoms with Crippen molar-refractivity contribution in [3.8, 4) is 5.88 Å². The molecule has 0 aliphatic heterocycles. The van der Waals surface area contributed by atoms with Crippen molar-refractivity contribution >= 4 is 28.5 Å². The number of hydrogen-bond acceptors (Lipinski definition) is 6. The number of rotatable bonds is 4. The minimum absolute atomic E-state index is 0.177. The third-order valence-electron chi connectivity index (χ3n) is 2.85. The molecule has 21 heavy (non-hydrogen) atoms. The Kier molecular flexibility index (Phi) is 3.51. The molecular formula is C15H15N5O. The molecule has 3 rings (SSSR count). The molecule has 0 aliphatic rings. The molecule has 0 fully saturated rings. The molecule has 6 nitrogen and oxygen atoms in total. The second-order valence-corrected chi connectivity index (χ2v) is 4.38. The monoisotopic (exact) mass is 281 g/mol. The van der Waals surface area contributed by atoms with Crippen LogP contribution in [-0.4, -0.2) is 21.6 Å². The molecule has 0 saturated heterocycles. The highest BCUT2D eigenvalue weighted by Gasteiger charge is 2.09. The summed E-state index contributed by atoms with van der Waals surface area (Å²) < 4.78 is 5.48. The van der Waals surface area contributed by atoms with Crippen LogP contribution in [0.2, 0.25) is 0 Å². The number of nitrogens with zero attached hydrogens (tertiary/aromatic N) is 3. The maximum atomic E-state index is 5.67. The Morgan fingerprint density at radius 1 is 1.05 bits per heavy atom. The molecule has 3 aromatic rings. The van der Waals surface area contributed by atoms with Crippen LogP contribution in [0.4, 0.5) is 17.5 Å². The van der Waals surface area contributed by atoms with Crippen molar-refractivity contribution < 1.29 is 4.74 Å². The van der Waals surface area contributed by atoms with Crippen LogP contribution in [0.3, 0.4) is 0 Å². The summed E-state index contributed by atoms with van der Waals surface area (Å²) in [6.45, 7) is 2.37. The molecule has 1 aromatic carbocycles. The number of ether oxygens (including phenoxy) is 1. The predicted molar refractivity (Wildman–Crippen MR) is 82.6 cm³/mol. The first-order chi connectivity index (χ1) is 10.3. The normalized spacial score (nSPS) is 10.5. The zero-order chi connectivity index (χ0) is 14.7. The zero-order valence-corrected chi connectivity index (χ0v) is 11.6. The second kappa shape index (κ2) is 5.62. The number of benzene rings is 1. The minimum Gasteiger partial charge on any atom is -0.476 e. The van der Waals surface area contributed by atoms with Crippen LogP contribution in [0, 0.1) is 0 Å². The van der Waals surface area contributed by atoms with E-state index in [2.05, 4.69) is 20.3 Å². The first-order valence-corrected chi connectivity index (χ1v) is 6.65. The van der Waals surface area contributed by atoms with E-state index in [4.69, 9.17) is 10.5 Å². The van der Waals surface area contributed by atoms with Crippen molar-refractivity contribution in [2.75, 3.05) is 17.7 Å². The molecule has 2 heterocycles. The lowest BCUT2D eigenvalue weighted by atomic mass is 10.3.